The fourth-order valence-corrected chi connectivity index (χ4v) is 2.78. The van der Waals surface area contributed by atoms with Gasteiger partial charge in [0.2, 0.25) is 0 Å². The van der Waals surface area contributed by atoms with Crippen LogP contribution in [0.4, 0.5) is 0 Å². The number of rotatable bonds is 7. The fourth-order valence-electron chi connectivity index (χ4n) is 2.78. The van der Waals surface area contributed by atoms with Crippen LogP contribution in [0.5, 0.6) is 0 Å². The van der Waals surface area contributed by atoms with Crippen LogP contribution in [0.2, 0.25) is 0 Å². The van der Waals surface area contributed by atoms with Crippen LogP contribution in [0, 0.1) is 26.2 Å². The molecule has 1 aromatic rings. The van der Waals surface area contributed by atoms with Crippen LogP contribution in [0.1, 0.15) is 55.9 Å². The molecule has 108 valence electrons. The van der Waals surface area contributed by atoms with Gasteiger partial charge in [0, 0.05) is 0 Å². The largest absolute Gasteiger partial charge is 0.317 e. The van der Waals surface area contributed by atoms with Crippen LogP contribution >= 0.6 is 0 Å². The van der Waals surface area contributed by atoms with E-state index in [2.05, 4.69) is 59.0 Å². The van der Waals surface area contributed by atoms with Gasteiger partial charge in [-0.3, -0.25) is 0 Å². The summed E-state index contributed by atoms with van der Waals surface area (Å²) < 4.78 is 0. The van der Waals surface area contributed by atoms with Crippen LogP contribution in [0.15, 0.2) is 12.1 Å². The Morgan fingerprint density at radius 2 is 1.58 bits per heavy atom. The van der Waals surface area contributed by atoms with Crippen LogP contribution in [-0.2, 0) is 6.42 Å². The van der Waals surface area contributed by atoms with Crippen LogP contribution in [0.3, 0.4) is 0 Å². The minimum Gasteiger partial charge on any atom is -0.317 e. The van der Waals surface area contributed by atoms with Crippen molar-refractivity contribution >= 4 is 0 Å². The quantitative estimate of drug-likeness (QED) is 0.709. The van der Waals surface area contributed by atoms with E-state index in [1.807, 2.05) is 0 Å². The van der Waals surface area contributed by atoms with Gasteiger partial charge in [0.25, 0.3) is 0 Å². The summed E-state index contributed by atoms with van der Waals surface area (Å²) in [7, 11) is 0. The highest BCUT2D eigenvalue weighted by atomic mass is 14.8. The summed E-state index contributed by atoms with van der Waals surface area (Å²) in [6, 6.07) is 4.63. The monoisotopic (exact) mass is 261 g/mol. The van der Waals surface area contributed by atoms with Crippen LogP contribution in [-0.4, -0.2) is 13.1 Å². The minimum atomic E-state index is 0.367. The lowest BCUT2D eigenvalue weighted by Gasteiger charge is -2.27. The van der Waals surface area contributed by atoms with Crippen molar-refractivity contribution in [3.05, 3.63) is 34.4 Å². The Balaban J connectivity index is 2.67. The molecule has 0 aliphatic heterocycles. The molecule has 0 atom stereocenters. The van der Waals surface area contributed by atoms with Crippen molar-refractivity contribution in [2.24, 2.45) is 5.41 Å². The third-order valence-corrected chi connectivity index (χ3v) is 3.90. The van der Waals surface area contributed by atoms with Gasteiger partial charge >= 0.3 is 0 Å². The molecule has 0 aliphatic rings. The Hall–Kier alpha value is -0.820. The van der Waals surface area contributed by atoms with E-state index in [0.29, 0.717) is 5.41 Å². The molecule has 0 aromatic heterocycles. The highest BCUT2D eigenvalue weighted by Gasteiger charge is 2.20. The molecule has 0 unspecified atom stereocenters. The van der Waals surface area contributed by atoms with Gasteiger partial charge in [0.1, 0.15) is 0 Å². The fraction of sp³-hybridized carbons (Fsp3) is 0.667. The Labute approximate surface area is 119 Å². The smallest absolute Gasteiger partial charge is 0.00437 e. The Kier molecular flexibility index (Phi) is 6.06. The molecule has 19 heavy (non-hydrogen) atoms. The first-order valence-electron chi connectivity index (χ1n) is 7.63. The molecule has 1 aromatic carbocycles. The average Bonchev–Trinajstić information content (AvgIpc) is 2.29. The van der Waals surface area contributed by atoms with E-state index in [0.717, 1.165) is 13.1 Å². The Morgan fingerprint density at radius 1 is 1.00 bits per heavy atom. The SMILES string of the molecule is CCCNCCC(C)(C)Cc1c(C)cc(C)cc1C. The normalized spacial score (nSPS) is 11.9. The first kappa shape index (κ1) is 16.2. The van der Waals surface area contributed by atoms with Crippen molar-refractivity contribution in [1.82, 2.24) is 5.32 Å². The summed E-state index contributed by atoms with van der Waals surface area (Å²) in [6.45, 7) is 15.9. The molecule has 0 bridgehead atoms. The van der Waals surface area contributed by atoms with Crippen molar-refractivity contribution in [2.45, 2.75) is 60.8 Å². The highest BCUT2D eigenvalue weighted by Crippen LogP contribution is 2.29. The Bertz CT molecular complexity index is 381. The van der Waals surface area contributed by atoms with Crippen LogP contribution < -0.4 is 5.32 Å². The summed E-state index contributed by atoms with van der Waals surface area (Å²) in [5, 5.41) is 3.52. The third-order valence-electron chi connectivity index (χ3n) is 3.90. The van der Waals surface area contributed by atoms with E-state index in [1.165, 1.54) is 36.0 Å². The van der Waals surface area contributed by atoms with E-state index in [4.69, 9.17) is 0 Å². The van der Waals surface area contributed by atoms with Crippen molar-refractivity contribution in [2.75, 3.05) is 13.1 Å². The number of hydrogen-bond donors (Lipinski definition) is 1. The summed E-state index contributed by atoms with van der Waals surface area (Å²) in [6.07, 6.45) is 3.63. The van der Waals surface area contributed by atoms with Crippen molar-refractivity contribution < 1.29 is 0 Å². The van der Waals surface area contributed by atoms with Crippen LogP contribution in [0.25, 0.3) is 0 Å². The Morgan fingerprint density at radius 3 is 2.11 bits per heavy atom. The van der Waals surface area contributed by atoms with Crippen molar-refractivity contribution in [1.29, 1.82) is 0 Å². The zero-order valence-corrected chi connectivity index (χ0v) is 13.7. The van der Waals surface area contributed by atoms with Gasteiger partial charge in [-0.1, -0.05) is 38.5 Å². The molecule has 0 radical (unpaired) electrons. The van der Waals surface area contributed by atoms with Gasteiger partial charge < -0.3 is 5.32 Å². The number of hydrogen-bond acceptors (Lipinski definition) is 1. The molecular weight excluding hydrogens is 230 g/mol. The minimum absolute atomic E-state index is 0.367. The predicted molar refractivity (Wildman–Crippen MR) is 85.9 cm³/mol. The van der Waals surface area contributed by atoms with Gasteiger partial charge in [-0.25, -0.2) is 0 Å². The number of benzene rings is 1. The molecule has 0 aliphatic carbocycles. The van der Waals surface area contributed by atoms with E-state index >= 15 is 0 Å². The van der Waals surface area contributed by atoms with E-state index in [-0.39, 0.29) is 0 Å². The molecule has 1 N–H and O–H groups in total. The lowest BCUT2D eigenvalue weighted by molar-refractivity contribution is 0.324. The molecular formula is C18H31N. The molecule has 1 rings (SSSR count). The average molecular weight is 261 g/mol. The van der Waals surface area contributed by atoms with Crippen molar-refractivity contribution in [3.8, 4) is 0 Å². The molecule has 1 nitrogen and oxygen atoms in total. The second kappa shape index (κ2) is 7.09. The zero-order chi connectivity index (χ0) is 14.5. The van der Waals surface area contributed by atoms with E-state index in [9.17, 15) is 0 Å². The van der Waals surface area contributed by atoms with Gasteiger partial charge in [-0.2, -0.15) is 0 Å². The molecule has 0 saturated heterocycles. The number of nitrogens with one attached hydrogen (secondary N) is 1. The second-order valence-electron chi connectivity index (χ2n) is 6.72. The summed E-state index contributed by atoms with van der Waals surface area (Å²) in [5.74, 6) is 0. The first-order valence-corrected chi connectivity index (χ1v) is 7.63. The molecule has 0 heterocycles. The van der Waals surface area contributed by atoms with E-state index < -0.39 is 0 Å². The third kappa shape index (κ3) is 5.36. The highest BCUT2D eigenvalue weighted by molar-refractivity contribution is 5.38. The molecule has 0 fully saturated rings. The summed E-state index contributed by atoms with van der Waals surface area (Å²) in [4.78, 5) is 0. The summed E-state index contributed by atoms with van der Waals surface area (Å²) >= 11 is 0. The second-order valence-corrected chi connectivity index (χ2v) is 6.72. The van der Waals surface area contributed by atoms with Gasteiger partial charge in [0.05, 0.1) is 0 Å². The van der Waals surface area contributed by atoms with Gasteiger partial charge in [-0.15, -0.1) is 0 Å². The molecule has 0 saturated carbocycles. The first-order chi connectivity index (χ1) is 8.85. The topological polar surface area (TPSA) is 12.0 Å². The number of aryl methyl sites for hydroxylation is 3. The van der Waals surface area contributed by atoms with Crippen molar-refractivity contribution in [3.63, 3.8) is 0 Å². The predicted octanol–water partition coefficient (Wildman–Crippen LogP) is 4.57. The zero-order valence-electron chi connectivity index (χ0n) is 13.7. The van der Waals surface area contributed by atoms with Gasteiger partial charge in [-0.05, 0) is 75.2 Å². The lowest BCUT2D eigenvalue weighted by Crippen LogP contribution is -2.25. The standard InChI is InChI=1S/C18H31N/c1-7-9-19-10-8-18(5,6)13-17-15(3)11-14(2)12-16(17)4/h11-12,19H,7-10,13H2,1-6H3. The maximum absolute atomic E-state index is 3.52. The summed E-state index contributed by atoms with van der Waals surface area (Å²) in [5.41, 5.74) is 6.19. The maximum atomic E-state index is 3.52. The molecule has 0 amide bonds. The maximum Gasteiger partial charge on any atom is -0.00437 e. The van der Waals surface area contributed by atoms with E-state index in [1.54, 1.807) is 5.56 Å². The lowest BCUT2D eigenvalue weighted by atomic mass is 9.80. The van der Waals surface area contributed by atoms with Gasteiger partial charge in [0.15, 0.2) is 0 Å². The molecule has 0 spiro atoms. The molecule has 1 heteroatoms.